The molecule has 26 heavy (non-hydrogen) atoms. The molecule has 1 aliphatic heterocycles. The number of amides is 1. The number of nitrogens with zero attached hydrogens (tertiary/aromatic N) is 2. The van der Waals surface area contributed by atoms with Crippen molar-refractivity contribution >= 4 is 27.7 Å². The SMILES string of the molecule is Cc1oc(NC(=O)CN2CCOC(c3ccc(Br)cc3)C2)c(C#N)c1C. The molecule has 7 heteroatoms. The van der Waals surface area contributed by atoms with Gasteiger partial charge in [0.25, 0.3) is 0 Å². The highest BCUT2D eigenvalue weighted by Gasteiger charge is 2.24. The molecule has 1 saturated heterocycles. The average molecular weight is 418 g/mol. The minimum absolute atomic E-state index is 0.0626. The highest BCUT2D eigenvalue weighted by Crippen LogP contribution is 2.26. The van der Waals surface area contributed by atoms with Crippen LogP contribution in [0.3, 0.4) is 0 Å². The van der Waals surface area contributed by atoms with Crippen molar-refractivity contribution in [3.8, 4) is 6.07 Å². The molecule has 0 radical (unpaired) electrons. The number of morpholine rings is 1. The van der Waals surface area contributed by atoms with E-state index in [0.29, 0.717) is 31.0 Å². The van der Waals surface area contributed by atoms with Crippen LogP contribution in [-0.2, 0) is 9.53 Å². The monoisotopic (exact) mass is 417 g/mol. The second-order valence-corrected chi connectivity index (χ2v) is 7.21. The molecule has 1 aliphatic rings. The molecular weight excluding hydrogens is 398 g/mol. The smallest absolute Gasteiger partial charge is 0.240 e. The molecule has 136 valence electrons. The first-order valence-corrected chi connectivity index (χ1v) is 9.16. The van der Waals surface area contributed by atoms with Gasteiger partial charge in [-0.05, 0) is 31.5 Å². The fourth-order valence-corrected chi connectivity index (χ4v) is 3.21. The van der Waals surface area contributed by atoms with Crippen molar-refractivity contribution in [2.45, 2.75) is 20.0 Å². The maximum Gasteiger partial charge on any atom is 0.240 e. The summed E-state index contributed by atoms with van der Waals surface area (Å²) in [6, 6.07) is 10.1. The summed E-state index contributed by atoms with van der Waals surface area (Å²) in [6.45, 7) is 5.68. The lowest BCUT2D eigenvalue weighted by atomic mass is 10.1. The Morgan fingerprint density at radius 3 is 2.81 bits per heavy atom. The third kappa shape index (κ3) is 4.15. The van der Waals surface area contributed by atoms with Gasteiger partial charge in [-0.15, -0.1) is 0 Å². The maximum absolute atomic E-state index is 12.4. The van der Waals surface area contributed by atoms with Crippen LogP contribution in [0.25, 0.3) is 0 Å². The van der Waals surface area contributed by atoms with Gasteiger partial charge in [-0.3, -0.25) is 15.0 Å². The van der Waals surface area contributed by atoms with Gasteiger partial charge in [-0.1, -0.05) is 28.1 Å². The number of hydrogen-bond donors (Lipinski definition) is 1. The molecule has 0 aliphatic carbocycles. The number of aryl methyl sites for hydroxylation is 1. The lowest BCUT2D eigenvalue weighted by Crippen LogP contribution is -2.42. The Morgan fingerprint density at radius 1 is 1.38 bits per heavy atom. The first-order chi connectivity index (χ1) is 12.5. The molecule has 1 unspecified atom stereocenters. The summed E-state index contributed by atoms with van der Waals surface area (Å²) >= 11 is 3.43. The number of hydrogen-bond acceptors (Lipinski definition) is 5. The van der Waals surface area contributed by atoms with Gasteiger partial charge in [0.1, 0.15) is 17.4 Å². The first-order valence-electron chi connectivity index (χ1n) is 8.37. The predicted molar refractivity (Wildman–Crippen MR) is 101 cm³/mol. The Hall–Kier alpha value is -2.14. The molecule has 1 atom stereocenters. The van der Waals surface area contributed by atoms with Crippen molar-refractivity contribution in [1.29, 1.82) is 5.26 Å². The molecule has 6 nitrogen and oxygen atoms in total. The van der Waals surface area contributed by atoms with Gasteiger partial charge >= 0.3 is 0 Å². The van der Waals surface area contributed by atoms with Crippen LogP contribution in [0.15, 0.2) is 33.2 Å². The van der Waals surface area contributed by atoms with Crippen LogP contribution in [0.4, 0.5) is 5.88 Å². The number of nitriles is 1. The number of nitrogens with one attached hydrogen (secondary N) is 1. The van der Waals surface area contributed by atoms with Crippen molar-refractivity contribution in [3.63, 3.8) is 0 Å². The number of benzene rings is 1. The topological polar surface area (TPSA) is 78.5 Å². The number of anilines is 1. The Morgan fingerprint density at radius 2 is 2.12 bits per heavy atom. The highest BCUT2D eigenvalue weighted by molar-refractivity contribution is 9.10. The molecule has 1 N–H and O–H groups in total. The van der Waals surface area contributed by atoms with E-state index in [-0.39, 0.29) is 24.4 Å². The Kier molecular flexibility index (Phi) is 5.77. The quantitative estimate of drug-likeness (QED) is 0.822. The molecule has 0 saturated carbocycles. The van der Waals surface area contributed by atoms with Crippen molar-refractivity contribution in [3.05, 3.63) is 51.2 Å². The van der Waals surface area contributed by atoms with Crippen LogP contribution in [0.5, 0.6) is 0 Å². The van der Waals surface area contributed by atoms with Crippen LogP contribution in [-0.4, -0.2) is 37.0 Å². The third-order valence-electron chi connectivity index (χ3n) is 4.51. The predicted octanol–water partition coefficient (Wildman–Crippen LogP) is 3.54. The van der Waals surface area contributed by atoms with E-state index in [0.717, 1.165) is 15.6 Å². The minimum Gasteiger partial charge on any atom is -0.444 e. The minimum atomic E-state index is -0.202. The van der Waals surface area contributed by atoms with E-state index in [4.69, 9.17) is 9.15 Å². The van der Waals surface area contributed by atoms with Gasteiger partial charge in [0.05, 0.1) is 19.3 Å². The fourth-order valence-electron chi connectivity index (χ4n) is 2.94. The lowest BCUT2D eigenvalue weighted by Gasteiger charge is -2.32. The Bertz CT molecular complexity index is 839. The first kappa shape index (κ1) is 18.6. The summed E-state index contributed by atoms with van der Waals surface area (Å²) in [6.07, 6.45) is -0.0626. The van der Waals surface area contributed by atoms with Crippen molar-refractivity contribution in [1.82, 2.24) is 4.90 Å². The zero-order valence-electron chi connectivity index (χ0n) is 14.7. The van der Waals surface area contributed by atoms with Gasteiger partial charge in [0.15, 0.2) is 0 Å². The largest absolute Gasteiger partial charge is 0.444 e. The summed E-state index contributed by atoms with van der Waals surface area (Å²) in [5, 5.41) is 12.0. The van der Waals surface area contributed by atoms with E-state index < -0.39 is 0 Å². The Balaban J connectivity index is 1.62. The zero-order valence-corrected chi connectivity index (χ0v) is 16.3. The number of carbonyl (C=O) groups is 1. The number of furan rings is 1. The van der Waals surface area contributed by atoms with Gasteiger partial charge in [-0.25, -0.2) is 0 Å². The van der Waals surface area contributed by atoms with Crippen molar-refractivity contribution < 1.29 is 13.9 Å². The second-order valence-electron chi connectivity index (χ2n) is 6.29. The van der Waals surface area contributed by atoms with E-state index in [1.807, 2.05) is 29.2 Å². The van der Waals surface area contributed by atoms with Gasteiger partial charge in [0.2, 0.25) is 11.8 Å². The van der Waals surface area contributed by atoms with E-state index >= 15 is 0 Å². The van der Waals surface area contributed by atoms with E-state index in [1.54, 1.807) is 13.8 Å². The summed E-state index contributed by atoms with van der Waals surface area (Å²) in [5.41, 5.74) is 2.22. The van der Waals surface area contributed by atoms with Crippen LogP contribution in [0.1, 0.15) is 28.6 Å². The van der Waals surface area contributed by atoms with E-state index in [1.165, 1.54) is 0 Å². The number of ether oxygens (including phenoxy) is 1. The fraction of sp³-hybridized carbons (Fsp3) is 0.368. The Labute approximate surface area is 160 Å². The normalized spacial score (nSPS) is 17.7. The molecule has 2 aromatic rings. The number of carbonyl (C=O) groups excluding carboxylic acids is 1. The van der Waals surface area contributed by atoms with Crippen molar-refractivity contribution in [2.24, 2.45) is 0 Å². The standard InChI is InChI=1S/C19H20BrN3O3/c1-12-13(2)26-19(16(12)9-21)22-18(24)11-23-7-8-25-17(10-23)14-3-5-15(20)6-4-14/h3-6,17H,7-8,10-11H2,1-2H3,(H,22,24). The van der Waals surface area contributed by atoms with Crippen LogP contribution in [0, 0.1) is 25.2 Å². The summed E-state index contributed by atoms with van der Waals surface area (Å²) < 4.78 is 12.4. The molecule has 1 aromatic heterocycles. The average Bonchev–Trinajstić information content (AvgIpc) is 2.88. The number of rotatable bonds is 4. The summed E-state index contributed by atoms with van der Waals surface area (Å²) in [7, 11) is 0. The molecular formula is C19H20BrN3O3. The second kappa shape index (κ2) is 8.04. The summed E-state index contributed by atoms with van der Waals surface area (Å²) in [5.74, 6) is 0.662. The van der Waals surface area contributed by atoms with Crippen LogP contribution in [0.2, 0.25) is 0 Å². The molecule has 1 amide bonds. The lowest BCUT2D eigenvalue weighted by molar-refractivity contribution is -0.119. The highest BCUT2D eigenvalue weighted by atomic mass is 79.9. The van der Waals surface area contributed by atoms with Crippen LogP contribution >= 0.6 is 15.9 Å². The van der Waals surface area contributed by atoms with Gasteiger partial charge < -0.3 is 9.15 Å². The third-order valence-corrected chi connectivity index (χ3v) is 5.04. The molecule has 1 aromatic carbocycles. The number of halogens is 1. The molecule has 0 spiro atoms. The van der Waals surface area contributed by atoms with E-state index in [9.17, 15) is 10.1 Å². The molecule has 2 heterocycles. The van der Waals surface area contributed by atoms with E-state index in [2.05, 4.69) is 27.3 Å². The zero-order chi connectivity index (χ0) is 18.7. The van der Waals surface area contributed by atoms with Gasteiger partial charge in [0, 0.05) is 23.1 Å². The maximum atomic E-state index is 12.4. The molecule has 0 bridgehead atoms. The van der Waals surface area contributed by atoms with Gasteiger partial charge in [-0.2, -0.15) is 5.26 Å². The van der Waals surface area contributed by atoms with Crippen LogP contribution < -0.4 is 5.32 Å². The van der Waals surface area contributed by atoms with Crippen molar-refractivity contribution in [2.75, 3.05) is 31.6 Å². The summed E-state index contributed by atoms with van der Waals surface area (Å²) in [4.78, 5) is 14.4. The molecule has 3 rings (SSSR count). The molecule has 1 fully saturated rings.